The van der Waals surface area contributed by atoms with Gasteiger partial charge in [0.05, 0.1) is 17.6 Å². The van der Waals surface area contributed by atoms with Crippen LogP contribution in [0.2, 0.25) is 0 Å². The van der Waals surface area contributed by atoms with Gasteiger partial charge in [-0.25, -0.2) is 0 Å². The predicted octanol–water partition coefficient (Wildman–Crippen LogP) is 13.0. The summed E-state index contributed by atoms with van der Waals surface area (Å²) in [6, 6.07) is 0. The van der Waals surface area contributed by atoms with Crippen molar-refractivity contribution < 1.29 is 44.7 Å². The number of likely N-dealkylation sites (tertiary alicyclic amines) is 1. The first-order chi connectivity index (χ1) is 36.8. The van der Waals surface area contributed by atoms with E-state index in [4.69, 9.17) is 5.11 Å². The second kappa shape index (κ2) is 19.4. The number of piperidine rings is 2. The standard InChI is InChI=1S/C34H47NO4.C29H38O4.C5H11NO/c1-21-23-7-8-26-32(4,24(23)19-25(37)28(21)38)14-16-34(6)27-20-31(3,29(39)35-17-9-22(36)10-18-35)12-11-30(27,2)13-15-33(26,34)5;1-17-18-7-8-21-27(4,19(18)15-20(30)23(17)31)12-14-29(6)22-16-26(3,24(32)33)10-9-25(22,2)11-13-28(21,29)5;7-5-1-3-6-4-2-5/h7-8,19,22,27,36,38H,9-18,20H2,1-6H3;7-8,15,22,31H,9-14,16H2,1-6H3,(H,32,33);5-7H,1-4H2/t27-,30-,31-,32+,33-,34+;22-,25-,26-,27+,28-,29+;/m11./s1. The van der Waals surface area contributed by atoms with E-state index >= 15 is 0 Å². The van der Waals surface area contributed by atoms with E-state index in [-0.39, 0.29) is 84.0 Å². The SMILES string of the molecule is CC1=C(O)C(=O)C=C2C1=CC=C1[C@@]2(C)CC[C@@]2(C)[C@@H]3C[C@](C)(C(=O)N4CCC(O)CC4)CC[C@]3(C)CC[C@]12C.CC1=C(O)C(=O)C=C2C1=CC=C1[C@@]2(C)CC[C@@]2(C)[C@@H]3C[C@](C)(C(=O)O)CC[C@]3(C)CC[C@]12C.OC1CCNCC1. The molecule has 2 aliphatic heterocycles. The first-order valence-electron chi connectivity index (χ1n) is 30.6. The topological polar surface area (TPSA) is 185 Å². The zero-order valence-corrected chi connectivity index (χ0v) is 50.1. The van der Waals surface area contributed by atoms with Gasteiger partial charge in [-0.1, -0.05) is 97.8 Å². The van der Waals surface area contributed by atoms with Crippen LogP contribution in [0, 0.1) is 66.0 Å². The average Bonchev–Trinajstić information content (AvgIpc) is 3.60. The third-order valence-electron chi connectivity index (χ3n) is 25.8. The van der Waals surface area contributed by atoms with E-state index in [0.29, 0.717) is 54.8 Å². The molecule has 12 rings (SSSR count). The first kappa shape index (κ1) is 57.9. The lowest BCUT2D eigenvalue weighted by molar-refractivity contribution is -0.178. The molecular weight excluding hydrogens is 989 g/mol. The minimum Gasteiger partial charge on any atom is -0.504 e. The molecule has 0 aromatic heterocycles. The second-order valence-corrected chi connectivity index (χ2v) is 30.0. The molecule has 79 heavy (non-hydrogen) atoms. The van der Waals surface area contributed by atoms with Gasteiger partial charge >= 0.3 is 5.97 Å². The second-order valence-electron chi connectivity index (χ2n) is 30.0. The molecule has 0 aromatic carbocycles. The Bertz CT molecular complexity index is 2880. The van der Waals surface area contributed by atoms with Crippen LogP contribution in [0.5, 0.6) is 0 Å². The maximum atomic E-state index is 14.0. The van der Waals surface area contributed by atoms with Crippen LogP contribution < -0.4 is 5.32 Å². The summed E-state index contributed by atoms with van der Waals surface area (Å²) in [5, 5.41) is 52.8. The quantitative estimate of drug-likeness (QED) is 0.156. The Kier molecular flexibility index (Phi) is 14.2. The van der Waals surface area contributed by atoms with Crippen molar-refractivity contribution in [2.24, 2.45) is 66.0 Å². The van der Waals surface area contributed by atoms with Gasteiger partial charge in [0, 0.05) is 40.5 Å². The number of carboxylic acid groups (broad SMARTS) is 1. The Balaban J connectivity index is 0.000000160. The summed E-state index contributed by atoms with van der Waals surface area (Å²) in [4.78, 5) is 53.6. The molecule has 11 nitrogen and oxygen atoms in total. The van der Waals surface area contributed by atoms with Crippen LogP contribution in [0.1, 0.15) is 199 Å². The van der Waals surface area contributed by atoms with Crippen LogP contribution in [0.15, 0.2) is 92.6 Å². The fourth-order valence-corrected chi connectivity index (χ4v) is 19.6. The molecular formula is C68H96N2O9. The number of hydrogen-bond acceptors (Lipinski definition) is 9. The van der Waals surface area contributed by atoms with Crippen molar-refractivity contribution in [3.63, 3.8) is 0 Å². The number of amides is 1. The number of aliphatic hydroxyl groups excluding tert-OH is 4. The van der Waals surface area contributed by atoms with E-state index in [1.165, 1.54) is 11.1 Å². The van der Waals surface area contributed by atoms with Gasteiger partial charge in [0.15, 0.2) is 11.5 Å². The number of nitrogens with zero attached hydrogens (tertiary/aromatic N) is 1. The lowest BCUT2D eigenvalue weighted by Gasteiger charge is -2.70. The summed E-state index contributed by atoms with van der Waals surface area (Å²) in [5.41, 5.74) is 7.18. The molecule has 6 saturated carbocycles. The zero-order valence-electron chi connectivity index (χ0n) is 50.1. The minimum absolute atomic E-state index is 0.0000746. The number of aliphatic hydroxyl groups is 4. The van der Waals surface area contributed by atoms with Crippen LogP contribution >= 0.6 is 0 Å². The summed E-state index contributed by atoms with van der Waals surface area (Å²) in [6.07, 6.45) is 29.1. The summed E-state index contributed by atoms with van der Waals surface area (Å²) in [7, 11) is 0. The van der Waals surface area contributed by atoms with Crippen LogP contribution in [0.25, 0.3) is 0 Å². The Morgan fingerprint density at radius 3 is 1.33 bits per heavy atom. The van der Waals surface area contributed by atoms with Gasteiger partial charge in [-0.05, 0) is 228 Å². The van der Waals surface area contributed by atoms with E-state index in [9.17, 15) is 39.6 Å². The number of aliphatic carboxylic acids is 1. The number of ketones is 2. The summed E-state index contributed by atoms with van der Waals surface area (Å²) in [5.74, 6) is -0.401. The van der Waals surface area contributed by atoms with Crippen LogP contribution in [-0.2, 0) is 19.2 Å². The van der Waals surface area contributed by atoms with Crippen LogP contribution in [-0.4, -0.2) is 92.3 Å². The molecule has 8 fully saturated rings. The highest BCUT2D eigenvalue weighted by molar-refractivity contribution is 6.07. The van der Waals surface area contributed by atoms with E-state index < -0.39 is 11.4 Å². The summed E-state index contributed by atoms with van der Waals surface area (Å²) >= 11 is 0. The number of hydrogen-bond donors (Lipinski definition) is 6. The normalized spacial score (nSPS) is 43.7. The lowest BCUT2D eigenvalue weighted by Crippen LogP contribution is -2.63. The molecule has 12 aliphatic rings. The molecule has 11 heteroatoms. The Morgan fingerprint density at radius 1 is 0.532 bits per heavy atom. The molecule has 12 atom stereocenters. The Hall–Kier alpha value is -4.32. The molecule has 0 aromatic rings. The van der Waals surface area contributed by atoms with Crippen molar-refractivity contribution in [3.05, 3.63) is 92.6 Å². The molecule has 0 radical (unpaired) electrons. The largest absolute Gasteiger partial charge is 0.504 e. The number of carboxylic acids is 1. The predicted molar refractivity (Wildman–Crippen MR) is 309 cm³/mol. The number of rotatable bonds is 2. The minimum atomic E-state index is -0.655. The van der Waals surface area contributed by atoms with Gasteiger partial charge in [-0.3, -0.25) is 19.2 Å². The summed E-state index contributed by atoms with van der Waals surface area (Å²) in [6.45, 7) is 30.5. The number of nitrogens with one attached hydrogen (secondary N) is 1. The molecule has 10 aliphatic carbocycles. The first-order valence-corrected chi connectivity index (χ1v) is 30.6. The Morgan fingerprint density at radius 2 is 0.924 bits per heavy atom. The fourth-order valence-electron chi connectivity index (χ4n) is 19.6. The van der Waals surface area contributed by atoms with Gasteiger partial charge in [0.2, 0.25) is 17.5 Å². The fraction of sp³-hybridized carbons (Fsp3) is 0.706. The molecule has 6 N–H and O–H groups in total. The van der Waals surface area contributed by atoms with Gasteiger partial charge in [-0.2, -0.15) is 0 Å². The highest BCUT2D eigenvalue weighted by Gasteiger charge is 2.69. The number of carbonyl (C=O) groups excluding carboxylic acids is 3. The van der Waals surface area contributed by atoms with E-state index in [0.717, 1.165) is 138 Å². The van der Waals surface area contributed by atoms with Gasteiger partial charge < -0.3 is 35.7 Å². The number of carbonyl (C=O) groups is 4. The van der Waals surface area contributed by atoms with Crippen molar-refractivity contribution in [1.29, 1.82) is 0 Å². The van der Waals surface area contributed by atoms with E-state index in [1.807, 2.05) is 25.7 Å². The summed E-state index contributed by atoms with van der Waals surface area (Å²) < 4.78 is 0. The van der Waals surface area contributed by atoms with Crippen LogP contribution in [0.4, 0.5) is 0 Å². The lowest BCUT2D eigenvalue weighted by atomic mass is 9.34. The molecule has 432 valence electrons. The number of fused-ring (bicyclic) bond motifs is 14. The zero-order chi connectivity index (χ0) is 57.5. The van der Waals surface area contributed by atoms with E-state index in [1.54, 1.807) is 12.2 Å². The smallest absolute Gasteiger partial charge is 0.309 e. The maximum Gasteiger partial charge on any atom is 0.309 e. The Labute approximate surface area is 472 Å². The van der Waals surface area contributed by atoms with Crippen molar-refractivity contribution in [2.45, 2.75) is 211 Å². The van der Waals surface area contributed by atoms with Gasteiger partial charge in [0.1, 0.15) is 0 Å². The monoisotopic (exact) mass is 1080 g/mol. The highest BCUT2D eigenvalue weighted by atomic mass is 16.4. The van der Waals surface area contributed by atoms with Gasteiger partial charge in [-0.15, -0.1) is 0 Å². The third-order valence-corrected chi connectivity index (χ3v) is 25.8. The molecule has 0 spiro atoms. The van der Waals surface area contributed by atoms with Crippen molar-refractivity contribution in [3.8, 4) is 0 Å². The van der Waals surface area contributed by atoms with Crippen LogP contribution in [0.3, 0.4) is 0 Å². The van der Waals surface area contributed by atoms with E-state index in [2.05, 4.69) is 91.9 Å². The van der Waals surface area contributed by atoms with Gasteiger partial charge in [0.25, 0.3) is 0 Å². The molecule has 2 heterocycles. The van der Waals surface area contributed by atoms with Crippen molar-refractivity contribution >= 4 is 23.4 Å². The van der Waals surface area contributed by atoms with Crippen molar-refractivity contribution in [1.82, 2.24) is 10.2 Å². The molecule has 1 amide bonds. The van der Waals surface area contributed by atoms with Crippen molar-refractivity contribution in [2.75, 3.05) is 26.2 Å². The molecule has 0 unspecified atom stereocenters. The third kappa shape index (κ3) is 8.61. The highest BCUT2D eigenvalue weighted by Crippen LogP contribution is 2.77. The maximum absolute atomic E-state index is 14.0. The molecule has 0 bridgehead atoms. The number of allylic oxidation sites excluding steroid dienone is 14. The average molecular weight is 1090 g/mol. The molecule has 2 saturated heterocycles.